The van der Waals surface area contributed by atoms with Crippen LogP contribution in [-0.4, -0.2) is 32.2 Å². The molecule has 0 aliphatic rings. The van der Waals surface area contributed by atoms with Crippen LogP contribution in [0.1, 0.15) is 43.0 Å². The zero-order chi connectivity index (χ0) is 23.7. The van der Waals surface area contributed by atoms with Gasteiger partial charge in [-0.1, -0.05) is 12.1 Å². The van der Waals surface area contributed by atoms with Crippen molar-refractivity contribution in [3.05, 3.63) is 69.8 Å². The lowest BCUT2D eigenvalue weighted by Gasteiger charge is -2.22. The first-order valence-corrected chi connectivity index (χ1v) is 9.79. The number of carbonyl (C=O) groups is 2. The number of benzene rings is 3. The van der Waals surface area contributed by atoms with E-state index in [1.807, 2.05) is 0 Å². The van der Waals surface area contributed by atoms with Crippen molar-refractivity contribution in [3.63, 3.8) is 0 Å². The fourth-order valence-electron chi connectivity index (χ4n) is 3.48. The number of aromatic hydroxyl groups is 4. The second kappa shape index (κ2) is 8.50. The van der Waals surface area contributed by atoms with Gasteiger partial charge >= 0.3 is 0 Å². The highest BCUT2D eigenvalue weighted by Crippen LogP contribution is 2.36. The number of hydrogen-bond donors (Lipinski definition) is 6. The minimum Gasteiger partial charge on any atom is -0.504 e. The number of phenols is 4. The quantitative estimate of drug-likeness (QED) is 0.338. The topological polar surface area (TPSA) is 139 Å². The van der Waals surface area contributed by atoms with Crippen molar-refractivity contribution >= 4 is 23.2 Å². The molecule has 3 aromatic rings. The number of para-hydroxylation sites is 2. The number of anilines is 2. The van der Waals surface area contributed by atoms with E-state index in [-0.39, 0.29) is 11.1 Å². The third kappa shape index (κ3) is 3.90. The molecule has 0 aliphatic heterocycles. The second-order valence-electron chi connectivity index (χ2n) is 7.50. The zero-order valence-corrected chi connectivity index (χ0v) is 18.1. The van der Waals surface area contributed by atoms with Crippen molar-refractivity contribution in [2.75, 3.05) is 10.6 Å². The van der Waals surface area contributed by atoms with Crippen LogP contribution >= 0.6 is 0 Å². The summed E-state index contributed by atoms with van der Waals surface area (Å²) in [4.78, 5) is 25.5. The van der Waals surface area contributed by atoms with Crippen LogP contribution in [-0.2, 0) is 0 Å². The minimum atomic E-state index is -0.593. The molecule has 0 radical (unpaired) electrons. The Hall–Kier alpha value is -4.20. The Labute approximate surface area is 184 Å². The third-order valence-electron chi connectivity index (χ3n) is 5.62. The number of carbonyl (C=O) groups excluding carboxylic acids is 2. The van der Waals surface area contributed by atoms with Crippen LogP contribution in [0.5, 0.6) is 23.0 Å². The molecule has 166 valence electrons. The van der Waals surface area contributed by atoms with Gasteiger partial charge in [0.2, 0.25) is 0 Å². The lowest BCUT2D eigenvalue weighted by Crippen LogP contribution is -2.18. The molecule has 0 aliphatic carbocycles. The van der Waals surface area contributed by atoms with E-state index in [1.54, 1.807) is 27.7 Å². The molecule has 0 bridgehead atoms. The van der Waals surface area contributed by atoms with E-state index in [4.69, 9.17) is 0 Å². The van der Waals surface area contributed by atoms with Gasteiger partial charge in [0, 0.05) is 11.4 Å². The summed E-state index contributed by atoms with van der Waals surface area (Å²) in [5, 5.41) is 44.9. The highest BCUT2D eigenvalue weighted by Gasteiger charge is 2.22. The largest absolute Gasteiger partial charge is 0.504 e. The molecule has 8 nitrogen and oxygen atoms in total. The highest BCUT2D eigenvalue weighted by molar-refractivity contribution is 6.09. The van der Waals surface area contributed by atoms with Gasteiger partial charge in [0.15, 0.2) is 23.0 Å². The predicted octanol–water partition coefficient (Wildman–Crippen LogP) is 4.25. The first-order valence-electron chi connectivity index (χ1n) is 9.79. The van der Waals surface area contributed by atoms with Gasteiger partial charge in [-0.2, -0.15) is 0 Å². The van der Waals surface area contributed by atoms with Crippen LogP contribution < -0.4 is 10.6 Å². The van der Waals surface area contributed by atoms with Crippen LogP contribution in [0.15, 0.2) is 36.4 Å². The Balaban J connectivity index is 1.97. The molecule has 0 atom stereocenters. The van der Waals surface area contributed by atoms with E-state index >= 15 is 0 Å². The highest BCUT2D eigenvalue weighted by atomic mass is 16.3. The molecular weight excluding hydrogens is 412 g/mol. The van der Waals surface area contributed by atoms with Crippen LogP contribution in [0.4, 0.5) is 11.4 Å². The van der Waals surface area contributed by atoms with Crippen LogP contribution in [0.3, 0.4) is 0 Å². The molecule has 0 unspecified atom stereocenters. The fourth-order valence-corrected chi connectivity index (χ4v) is 3.48. The van der Waals surface area contributed by atoms with Gasteiger partial charge in [0.1, 0.15) is 0 Å². The van der Waals surface area contributed by atoms with Gasteiger partial charge in [0.25, 0.3) is 11.8 Å². The molecule has 3 aromatic carbocycles. The summed E-state index contributed by atoms with van der Waals surface area (Å²) in [6.07, 6.45) is 0. The van der Waals surface area contributed by atoms with Gasteiger partial charge in [-0.25, -0.2) is 0 Å². The summed E-state index contributed by atoms with van der Waals surface area (Å²) in [5.74, 6) is -3.00. The first-order chi connectivity index (χ1) is 15.0. The summed E-state index contributed by atoms with van der Waals surface area (Å²) >= 11 is 0. The molecule has 0 aromatic heterocycles. The van der Waals surface area contributed by atoms with E-state index in [9.17, 15) is 30.0 Å². The van der Waals surface area contributed by atoms with Crippen LogP contribution in [0, 0.1) is 27.7 Å². The maximum absolute atomic E-state index is 12.7. The zero-order valence-electron chi connectivity index (χ0n) is 18.1. The predicted molar refractivity (Wildman–Crippen MR) is 121 cm³/mol. The summed E-state index contributed by atoms with van der Waals surface area (Å²) in [6, 6.07) is 8.25. The SMILES string of the molecule is Cc1c(C)c(NC(=O)c2cccc(O)c2O)c(C)c(C)c1NC(=O)c1cccc(O)c1O. The Morgan fingerprint density at radius 3 is 1.22 bits per heavy atom. The van der Waals surface area contributed by atoms with Crippen molar-refractivity contribution in [1.82, 2.24) is 0 Å². The normalized spacial score (nSPS) is 10.6. The standard InChI is InChI=1S/C24H24N2O6/c1-11-12(2)20(26-24(32)16-8-6-10-18(28)22(16)30)14(4)13(3)19(11)25-23(31)15-7-5-9-17(27)21(15)29/h5-10,27-30H,1-4H3,(H,25,31)(H,26,32). The van der Waals surface area contributed by atoms with Crippen molar-refractivity contribution in [2.45, 2.75) is 27.7 Å². The van der Waals surface area contributed by atoms with Gasteiger partial charge < -0.3 is 31.1 Å². The van der Waals surface area contributed by atoms with Crippen LogP contribution in [0.25, 0.3) is 0 Å². The van der Waals surface area contributed by atoms with E-state index in [0.717, 1.165) is 0 Å². The first kappa shape index (κ1) is 22.5. The Bertz CT molecular complexity index is 1120. The van der Waals surface area contributed by atoms with Gasteiger partial charge in [0.05, 0.1) is 11.1 Å². The Morgan fingerprint density at radius 1 is 0.594 bits per heavy atom. The van der Waals surface area contributed by atoms with E-state index in [0.29, 0.717) is 33.6 Å². The summed E-state index contributed by atoms with van der Waals surface area (Å²) in [7, 11) is 0. The molecule has 0 spiro atoms. The Morgan fingerprint density at radius 2 is 0.906 bits per heavy atom. The summed E-state index contributed by atoms with van der Waals surface area (Å²) < 4.78 is 0. The van der Waals surface area contributed by atoms with E-state index in [1.165, 1.54) is 36.4 Å². The maximum atomic E-state index is 12.7. The lowest BCUT2D eigenvalue weighted by atomic mass is 9.95. The molecule has 2 amide bonds. The number of hydrogen-bond acceptors (Lipinski definition) is 6. The van der Waals surface area contributed by atoms with Crippen molar-refractivity contribution in [2.24, 2.45) is 0 Å². The van der Waals surface area contributed by atoms with Crippen molar-refractivity contribution < 1.29 is 30.0 Å². The minimum absolute atomic E-state index is 0.0733. The molecule has 0 heterocycles. The average molecular weight is 436 g/mol. The molecular formula is C24H24N2O6. The second-order valence-corrected chi connectivity index (χ2v) is 7.50. The number of phenolic OH excluding ortho intramolecular Hbond substituents is 4. The number of nitrogens with one attached hydrogen (secondary N) is 2. The van der Waals surface area contributed by atoms with Crippen molar-refractivity contribution in [1.29, 1.82) is 0 Å². The molecule has 8 heteroatoms. The number of rotatable bonds is 4. The molecule has 0 saturated heterocycles. The van der Waals surface area contributed by atoms with Crippen LogP contribution in [0.2, 0.25) is 0 Å². The summed E-state index contributed by atoms with van der Waals surface area (Å²) in [6.45, 7) is 7.12. The summed E-state index contributed by atoms with van der Waals surface area (Å²) in [5.41, 5.74) is 3.66. The van der Waals surface area contributed by atoms with E-state index in [2.05, 4.69) is 10.6 Å². The maximum Gasteiger partial charge on any atom is 0.259 e. The molecule has 0 fully saturated rings. The monoisotopic (exact) mass is 436 g/mol. The smallest absolute Gasteiger partial charge is 0.259 e. The lowest BCUT2D eigenvalue weighted by molar-refractivity contribution is 0.101. The van der Waals surface area contributed by atoms with Gasteiger partial charge in [-0.3, -0.25) is 9.59 Å². The fraction of sp³-hybridized carbons (Fsp3) is 0.167. The average Bonchev–Trinajstić information content (AvgIpc) is 2.76. The van der Waals surface area contributed by atoms with Gasteiger partial charge in [-0.15, -0.1) is 0 Å². The molecule has 0 saturated carbocycles. The molecule has 6 N–H and O–H groups in total. The van der Waals surface area contributed by atoms with Gasteiger partial charge in [-0.05, 0) is 74.2 Å². The number of amides is 2. The molecule has 32 heavy (non-hydrogen) atoms. The third-order valence-corrected chi connectivity index (χ3v) is 5.62. The van der Waals surface area contributed by atoms with Crippen molar-refractivity contribution in [3.8, 4) is 23.0 Å². The van der Waals surface area contributed by atoms with E-state index < -0.39 is 34.8 Å². The Kier molecular flexibility index (Phi) is 5.98. The molecule has 3 rings (SSSR count).